The van der Waals surface area contributed by atoms with E-state index in [1.54, 1.807) is 12.1 Å². The van der Waals surface area contributed by atoms with Crippen molar-refractivity contribution in [3.63, 3.8) is 0 Å². The zero-order valence-electron chi connectivity index (χ0n) is 12.1. The number of aliphatic carboxylic acids is 1. The molecular weight excluding hydrogens is 286 g/mol. The number of rotatable bonds is 6. The summed E-state index contributed by atoms with van der Waals surface area (Å²) < 4.78 is 1.28. The number of aryl methyl sites for hydroxylation is 1. The highest BCUT2D eigenvalue weighted by Gasteiger charge is 2.11. The number of amides is 1. The number of carboxylic acid groups (broad SMARTS) is 1. The third kappa shape index (κ3) is 3.85. The summed E-state index contributed by atoms with van der Waals surface area (Å²) in [6.45, 7) is 2.18. The van der Waals surface area contributed by atoms with Gasteiger partial charge in [0.05, 0.1) is 5.69 Å². The summed E-state index contributed by atoms with van der Waals surface area (Å²) in [7, 11) is 0. The maximum atomic E-state index is 11.9. The van der Waals surface area contributed by atoms with Gasteiger partial charge in [-0.2, -0.15) is 0 Å². The van der Waals surface area contributed by atoms with Crippen molar-refractivity contribution in [2.75, 3.05) is 6.54 Å². The lowest BCUT2D eigenvalue weighted by Gasteiger charge is -2.04. The molecule has 0 saturated carbocycles. The second-order valence-corrected chi connectivity index (χ2v) is 4.93. The molecule has 7 heteroatoms. The van der Waals surface area contributed by atoms with Crippen molar-refractivity contribution in [3.05, 3.63) is 51.9 Å². The second-order valence-electron chi connectivity index (χ2n) is 4.93. The predicted molar refractivity (Wildman–Crippen MR) is 80.3 cm³/mol. The number of carbonyl (C=O) groups excluding carboxylic acids is 1. The number of nitrogens with zero attached hydrogens (tertiary/aromatic N) is 1. The van der Waals surface area contributed by atoms with Gasteiger partial charge < -0.3 is 10.4 Å². The van der Waals surface area contributed by atoms with Gasteiger partial charge in [0.15, 0.2) is 0 Å². The van der Waals surface area contributed by atoms with Gasteiger partial charge >= 0.3 is 5.97 Å². The Hall–Kier alpha value is -2.83. The molecule has 2 rings (SSSR count). The Kier molecular flexibility index (Phi) is 4.77. The number of hydrogen-bond donors (Lipinski definition) is 3. The number of H-pyrrole nitrogens is 1. The van der Waals surface area contributed by atoms with Gasteiger partial charge in [-0.3, -0.25) is 19.5 Å². The molecule has 7 nitrogen and oxygen atoms in total. The van der Waals surface area contributed by atoms with E-state index >= 15 is 0 Å². The number of hydrogen-bond acceptors (Lipinski definition) is 3. The van der Waals surface area contributed by atoms with E-state index in [1.165, 1.54) is 10.7 Å². The molecule has 1 aromatic heterocycles. The van der Waals surface area contributed by atoms with Crippen molar-refractivity contribution in [2.45, 2.75) is 19.8 Å². The van der Waals surface area contributed by atoms with Crippen LogP contribution in [0.2, 0.25) is 0 Å². The van der Waals surface area contributed by atoms with E-state index in [0.29, 0.717) is 12.1 Å². The number of carboxylic acids is 1. The van der Waals surface area contributed by atoms with Gasteiger partial charge in [0, 0.05) is 19.0 Å². The zero-order chi connectivity index (χ0) is 16.1. The first-order chi connectivity index (χ1) is 10.5. The first-order valence-electron chi connectivity index (χ1n) is 6.86. The van der Waals surface area contributed by atoms with Crippen LogP contribution in [-0.2, 0) is 4.79 Å². The van der Waals surface area contributed by atoms with Crippen LogP contribution in [0.5, 0.6) is 0 Å². The molecule has 22 heavy (non-hydrogen) atoms. The molecule has 0 fully saturated rings. The van der Waals surface area contributed by atoms with E-state index < -0.39 is 11.9 Å². The molecule has 1 aromatic carbocycles. The maximum absolute atomic E-state index is 11.9. The van der Waals surface area contributed by atoms with Crippen LogP contribution in [0.15, 0.2) is 35.1 Å². The topological polar surface area (TPSA) is 104 Å². The molecule has 0 aliphatic carbocycles. The summed E-state index contributed by atoms with van der Waals surface area (Å²) in [5, 5.41) is 13.8. The third-order valence-corrected chi connectivity index (χ3v) is 3.11. The van der Waals surface area contributed by atoms with Gasteiger partial charge in [-0.25, -0.2) is 4.68 Å². The molecule has 116 valence electrons. The monoisotopic (exact) mass is 303 g/mol. The molecule has 0 bridgehead atoms. The van der Waals surface area contributed by atoms with Crippen molar-refractivity contribution < 1.29 is 14.7 Å². The number of aromatic nitrogens is 2. The van der Waals surface area contributed by atoms with Gasteiger partial charge in [-0.15, -0.1) is 0 Å². The first-order valence-corrected chi connectivity index (χ1v) is 6.86. The van der Waals surface area contributed by atoms with Crippen LogP contribution >= 0.6 is 0 Å². The van der Waals surface area contributed by atoms with Crippen LogP contribution in [0.1, 0.15) is 28.9 Å². The Morgan fingerprint density at radius 2 is 1.95 bits per heavy atom. The number of benzene rings is 1. The molecule has 1 heterocycles. The highest BCUT2D eigenvalue weighted by Crippen LogP contribution is 2.06. The van der Waals surface area contributed by atoms with E-state index in [2.05, 4.69) is 10.4 Å². The zero-order valence-corrected chi connectivity index (χ0v) is 12.1. The van der Waals surface area contributed by atoms with Crippen LogP contribution in [0.4, 0.5) is 0 Å². The molecule has 0 atom stereocenters. The quantitative estimate of drug-likeness (QED) is 0.694. The smallest absolute Gasteiger partial charge is 0.303 e. The Morgan fingerprint density at radius 1 is 1.27 bits per heavy atom. The largest absolute Gasteiger partial charge is 0.481 e. The molecule has 0 spiro atoms. The fourth-order valence-electron chi connectivity index (χ4n) is 1.93. The van der Waals surface area contributed by atoms with Crippen molar-refractivity contribution in [3.8, 4) is 5.69 Å². The minimum atomic E-state index is -0.909. The maximum Gasteiger partial charge on any atom is 0.303 e. The normalized spacial score (nSPS) is 10.4. The Balaban J connectivity index is 2.06. The van der Waals surface area contributed by atoms with Crippen LogP contribution in [0, 0.1) is 6.92 Å². The lowest BCUT2D eigenvalue weighted by Crippen LogP contribution is -2.25. The lowest BCUT2D eigenvalue weighted by atomic mass is 10.2. The van der Waals surface area contributed by atoms with Crippen molar-refractivity contribution >= 4 is 11.9 Å². The Morgan fingerprint density at radius 3 is 2.59 bits per heavy atom. The molecule has 0 unspecified atom stereocenters. The van der Waals surface area contributed by atoms with Crippen LogP contribution < -0.4 is 10.9 Å². The van der Waals surface area contributed by atoms with Gasteiger partial charge in [0.2, 0.25) is 0 Å². The third-order valence-electron chi connectivity index (χ3n) is 3.11. The van der Waals surface area contributed by atoms with Gasteiger partial charge in [-0.1, -0.05) is 17.7 Å². The number of aromatic amines is 1. The van der Waals surface area contributed by atoms with Crippen molar-refractivity contribution in [2.24, 2.45) is 0 Å². The van der Waals surface area contributed by atoms with Crippen LogP contribution in [-0.4, -0.2) is 33.3 Å². The standard InChI is InChI=1S/C15H17N3O4/c1-10-4-6-11(7-5-10)18-13(19)9-12(17-18)15(22)16-8-2-3-14(20)21/h4-7,9,17H,2-3,8H2,1H3,(H,16,22)(H,20,21). The summed E-state index contributed by atoms with van der Waals surface area (Å²) in [6, 6.07) is 8.51. The van der Waals surface area contributed by atoms with Crippen molar-refractivity contribution in [1.29, 1.82) is 0 Å². The minimum Gasteiger partial charge on any atom is -0.481 e. The number of carbonyl (C=O) groups is 2. The summed E-state index contributed by atoms with van der Waals surface area (Å²) in [6.07, 6.45) is 0.325. The molecule has 2 aromatic rings. The fourth-order valence-corrected chi connectivity index (χ4v) is 1.93. The first kappa shape index (κ1) is 15.6. The molecule has 0 saturated heterocycles. The van der Waals surface area contributed by atoms with E-state index in [1.807, 2.05) is 19.1 Å². The Labute approximate surface area is 126 Å². The van der Waals surface area contributed by atoms with Crippen molar-refractivity contribution in [1.82, 2.24) is 15.1 Å². The minimum absolute atomic E-state index is 0.0127. The van der Waals surface area contributed by atoms with Gasteiger partial charge in [0.1, 0.15) is 5.69 Å². The molecular formula is C15H17N3O4. The molecule has 0 aliphatic heterocycles. The van der Waals surface area contributed by atoms with Crippen LogP contribution in [0.3, 0.4) is 0 Å². The molecule has 0 radical (unpaired) electrons. The lowest BCUT2D eigenvalue weighted by molar-refractivity contribution is -0.137. The fraction of sp³-hybridized carbons (Fsp3) is 0.267. The molecule has 0 aliphatic rings. The highest BCUT2D eigenvalue weighted by molar-refractivity contribution is 5.92. The molecule has 1 amide bonds. The summed E-state index contributed by atoms with van der Waals surface area (Å²) >= 11 is 0. The van der Waals surface area contributed by atoms with E-state index in [4.69, 9.17) is 5.11 Å². The second kappa shape index (κ2) is 6.75. The summed E-state index contributed by atoms with van der Waals surface area (Å²) in [5.74, 6) is -1.35. The van der Waals surface area contributed by atoms with Gasteiger partial charge in [-0.05, 0) is 25.5 Å². The van der Waals surface area contributed by atoms with E-state index in [9.17, 15) is 14.4 Å². The average molecular weight is 303 g/mol. The Bertz CT molecular complexity index is 728. The van der Waals surface area contributed by atoms with E-state index in [0.717, 1.165) is 5.56 Å². The van der Waals surface area contributed by atoms with Gasteiger partial charge in [0.25, 0.3) is 11.5 Å². The van der Waals surface area contributed by atoms with Crippen LogP contribution in [0.25, 0.3) is 5.69 Å². The average Bonchev–Trinajstić information content (AvgIpc) is 2.86. The summed E-state index contributed by atoms with van der Waals surface area (Å²) in [4.78, 5) is 34.2. The predicted octanol–water partition coefficient (Wildman–Crippen LogP) is 1.07. The highest BCUT2D eigenvalue weighted by atomic mass is 16.4. The van der Waals surface area contributed by atoms with E-state index in [-0.39, 0.29) is 24.2 Å². The SMILES string of the molecule is Cc1ccc(-n2[nH]c(C(=O)NCCCC(=O)O)cc2=O)cc1. The summed E-state index contributed by atoms with van der Waals surface area (Å²) in [5.41, 5.74) is 1.51. The number of nitrogens with one attached hydrogen (secondary N) is 2. The molecule has 3 N–H and O–H groups in total.